The summed E-state index contributed by atoms with van der Waals surface area (Å²) in [5.74, 6) is -0.176. The van der Waals surface area contributed by atoms with Gasteiger partial charge >= 0.3 is 0 Å². The molecule has 3 rings (SSSR count). The number of ether oxygens (including phenoxy) is 1. The number of hydrogen-bond acceptors (Lipinski definition) is 5. The summed E-state index contributed by atoms with van der Waals surface area (Å²) in [7, 11) is 0. The quantitative estimate of drug-likeness (QED) is 0.677. The van der Waals surface area contributed by atoms with Gasteiger partial charge < -0.3 is 10.1 Å². The zero-order valence-corrected chi connectivity index (χ0v) is 13.7. The van der Waals surface area contributed by atoms with Crippen LogP contribution >= 0.6 is 0 Å². The van der Waals surface area contributed by atoms with Crippen LogP contribution in [0.1, 0.15) is 17.2 Å². The van der Waals surface area contributed by atoms with Crippen molar-refractivity contribution >= 4 is 5.91 Å². The largest absolute Gasteiger partial charge is 0.374 e. The molecule has 7 heteroatoms. The molecular formula is C18H19N5O2. The van der Waals surface area contributed by atoms with Crippen LogP contribution in [-0.2, 0) is 22.7 Å². The van der Waals surface area contributed by atoms with Gasteiger partial charge in [-0.05, 0) is 21.6 Å². The minimum atomic E-state index is -0.242. The van der Waals surface area contributed by atoms with Crippen molar-refractivity contribution in [1.82, 2.24) is 25.5 Å². The number of rotatable bonds is 8. The summed E-state index contributed by atoms with van der Waals surface area (Å²) in [5, 5.41) is 13.7. The van der Waals surface area contributed by atoms with E-state index in [0.29, 0.717) is 13.2 Å². The van der Waals surface area contributed by atoms with Crippen LogP contribution in [0.15, 0.2) is 67.0 Å². The van der Waals surface area contributed by atoms with Crippen molar-refractivity contribution < 1.29 is 9.53 Å². The van der Waals surface area contributed by atoms with E-state index in [1.54, 1.807) is 0 Å². The minimum Gasteiger partial charge on any atom is -0.374 e. The molecule has 1 heterocycles. The molecule has 0 fully saturated rings. The maximum Gasteiger partial charge on any atom is 0.242 e. The van der Waals surface area contributed by atoms with Gasteiger partial charge in [0.25, 0.3) is 0 Å². The Hall–Kier alpha value is -3.06. The highest BCUT2D eigenvalue weighted by Gasteiger charge is 2.15. The van der Waals surface area contributed by atoms with Gasteiger partial charge in [0.2, 0.25) is 5.91 Å². The Bertz CT molecular complexity index is 763. The number of benzene rings is 2. The number of tetrazole rings is 1. The van der Waals surface area contributed by atoms with Crippen molar-refractivity contribution in [3.05, 3.63) is 78.1 Å². The van der Waals surface area contributed by atoms with Crippen LogP contribution in [0.5, 0.6) is 0 Å². The van der Waals surface area contributed by atoms with Gasteiger partial charge in [0.1, 0.15) is 12.9 Å². The predicted molar refractivity (Wildman–Crippen MR) is 91.2 cm³/mol. The Morgan fingerprint density at radius 1 is 1.08 bits per heavy atom. The SMILES string of the molecule is O=C(Cn1cnnn1)NC(COCc1ccccc1)c1ccccc1. The lowest BCUT2D eigenvalue weighted by Gasteiger charge is -2.19. The van der Waals surface area contributed by atoms with Crippen LogP contribution in [0.25, 0.3) is 0 Å². The van der Waals surface area contributed by atoms with E-state index < -0.39 is 0 Å². The van der Waals surface area contributed by atoms with Crippen molar-refractivity contribution in [3.8, 4) is 0 Å². The number of carbonyl (C=O) groups excluding carboxylic acids is 1. The molecule has 0 aliphatic rings. The molecule has 0 aliphatic heterocycles. The number of nitrogens with one attached hydrogen (secondary N) is 1. The normalized spacial score (nSPS) is 11.8. The van der Waals surface area contributed by atoms with E-state index in [2.05, 4.69) is 20.8 Å². The average Bonchev–Trinajstić information content (AvgIpc) is 3.15. The van der Waals surface area contributed by atoms with Crippen LogP contribution in [0, 0.1) is 0 Å². The maximum atomic E-state index is 12.2. The van der Waals surface area contributed by atoms with E-state index >= 15 is 0 Å². The number of amides is 1. The van der Waals surface area contributed by atoms with Crippen LogP contribution < -0.4 is 5.32 Å². The van der Waals surface area contributed by atoms with Crippen molar-refractivity contribution in [3.63, 3.8) is 0 Å². The highest BCUT2D eigenvalue weighted by atomic mass is 16.5. The molecule has 1 atom stereocenters. The molecule has 3 aromatic rings. The van der Waals surface area contributed by atoms with E-state index in [1.165, 1.54) is 11.0 Å². The fraction of sp³-hybridized carbons (Fsp3) is 0.222. The Kier molecular flexibility index (Phi) is 5.84. The first kappa shape index (κ1) is 16.8. The predicted octanol–water partition coefficient (Wildman–Crippen LogP) is 1.75. The maximum absolute atomic E-state index is 12.2. The third kappa shape index (κ3) is 5.22. The Morgan fingerprint density at radius 3 is 2.48 bits per heavy atom. The molecule has 0 radical (unpaired) electrons. The molecule has 0 saturated heterocycles. The highest BCUT2D eigenvalue weighted by Crippen LogP contribution is 2.14. The van der Waals surface area contributed by atoms with Crippen LogP contribution in [-0.4, -0.2) is 32.7 Å². The van der Waals surface area contributed by atoms with Gasteiger partial charge in [-0.2, -0.15) is 0 Å². The minimum absolute atomic E-state index is 0.0645. The molecule has 128 valence electrons. The summed E-state index contributed by atoms with van der Waals surface area (Å²) in [5.41, 5.74) is 2.08. The average molecular weight is 337 g/mol. The zero-order chi connectivity index (χ0) is 17.3. The van der Waals surface area contributed by atoms with Crippen molar-refractivity contribution in [2.24, 2.45) is 0 Å². The monoisotopic (exact) mass is 337 g/mol. The van der Waals surface area contributed by atoms with Gasteiger partial charge in [0.05, 0.1) is 19.3 Å². The number of nitrogens with zero attached hydrogens (tertiary/aromatic N) is 4. The molecule has 1 unspecified atom stereocenters. The lowest BCUT2D eigenvalue weighted by Crippen LogP contribution is -2.34. The molecule has 2 aromatic carbocycles. The van der Waals surface area contributed by atoms with Crippen molar-refractivity contribution in [2.45, 2.75) is 19.2 Å². The van der Waals surface area contributed by atoms with Crippen molar-refractivity contribution in [2.75, 3.05) is 6.61 Å². The lowest BCUT2D eigenvalue weighted by molar-refractivity contribution is -0.123. The van der Waals surface area contributed by atoms with E-state index in [9.17, 15) is 4.79 Å². The first-order valence-corrected chi connectivity index (χ1v) is 7.98. The molecule has 7 nitrogen and oxygen atoms in total. The second kappa shape index (κ2) is 8.70. The number of hydrogen-bond donors (Lipinski definition) is 1. The standard InChI is InChI=1S/C18H19N5O2/c24-18(11-23-14-19-21-22-23)20-17(16-9-5-2-6-10-16)13-25-12-15-7-3-1-4-8-15/h1-10,14,17H,11-13H2,(H,20,24). The first-order chi connectivity index (χ1) is 12.3. The fourth-order valence-electron chi connectivity index (χ4n) is 2.42. The van der Waals surface area contributed by atoms with Crippen molar-refractivity contribution in [1.29, 1.82) is 0 Å². The van der Waals surface area contributed by atoms with Crippen LogP contribution in [0.4, 0.5) is 0 Å². The summed E-state index contributed by atoms with van der Waals surface area (Å²) in [6, 6.07) is 19.4. The molecule has 1 amide bonds. The third-order valence-electron chi connectivity index (χ3n) is 3.63. The number of carbonyl (C=O) groups is 1. The molecule has 1 N–H and O–H groups in total. The first-order valence-electron chi connectivity index (χ1n) is 7.98. The highest BCUT2D eigenvalue weighted by molar-refractivity contribution is 5.76. The Balaban J connectivity index is 1.60. The Labute approximate surface area is 145 Å². The van der Waals surface area contributed by atoms with E-state index in [0.717, 1.165) is 11.1 Å². The summed E-state index contributed by atoms with van der Waals surface area (Å²) < 4.78 is 7.19. The summed E-state index contributed by atoms with van der Waals surface area (Å²) >= 11 is 0. The fourth-order valence-corrected chi connectivity index (χ4v) is 2.42. The molecule has 0 spiro atoms. The Morgan fingerprint density at radius 2 is 1.80 bits per heavy atom. The van der Waals surface area contributed by atoms with Gasteiger partial charge in [0, 0.05) is 0 Å². The van der Waals surface area contributed by atoms with E-state index in [4.69, 9.17) is 4.74 Å². The molecule has 0 saturated carbocycles. The van der Waals surface area contributed by atoms with E-state index in [-0.39, 0.29) is 18.5 Å². The lowest BCUT2D eigenvalue weighted by atomic mass is 10.1. The third-order valence-corrected chi connectivity index (χ3v) is 3.63. The second-order valence-electron chi connectivity index (χ2n) is 5.54. The van der Waals surface area contributed by atoms with Gasteiger partial charge in [-0.25, -0.2) is 4.68 Å². The molecule has 25 heavy (non-hydrogen) atoms. The molecule has 0 bridgehead atoms. The zero-order valence-electron chi connectivity index (χ0n) is 13.7. The number of aromatic nitrogens is 4. The van der Waals surface area contributed by atoms with Gasteiger partial charge in [0.15, 0.2) is 0 Å². The van der Waals surface area contributed by atoms with Gasteiger partial charge in [-0.1, -0.05) is 60.7 Å². The van der Waals surface area contributed by atoms with Crippen LogP contribution in [0.2, 0.25) is 0 Å². The van der Waals surface area contributed by atoms with E-state index in [1.807, 2.05) is 60.7 Å². The molecular weight excluding hydrogens is 318 g/mol. The topological polar surface area (TPSA) is 81.9 Å². The summed E-state index contributed by atoms with van der Waals surface area (Å²) in [4.78, 5) is 12.2. The molecule has 1 aromatic heterocycles. The van der Waals surface area contributed by atoms with Crippen LogP contribution in [0.3, 0.4) is 0 Å². The van der Waals surface area contributed by atoms with Gasteiger partial charge in [-0.15, -0.1) is 5.10 Å². The smallest absolute Gasteiger partial charge is 0.242 e. The second-order valence-corrected chi connectivity index (χ2v) is 5.54. The van der Waals surface area contributed by atoms with Gasteiger partial charge in [-0.3, -0.25) is 4.79 Å². The summed E-state index contributed by atoms with van der Waals surface area (Å²) in [6.45, 7) is 0.933. The summed E-state index contributed by atoms with van der Waals surface area (Å²) in [6.07, 6.45) is 1.41. The molecule has 0 aliphatic carbocycles.